The zero-order valence-electron chi connectivity index (χ0n) is 16.5. The SMILES string of the molecule is CCNC(=NCc1ccccc1CN1CCCC(C)C1)NCCOC.I. The maximum absolute atomic E-state index is 5.09. The molecule has 0 radical (unpaired) electrons. The molecule has 0 spiro atoms. The highest BCUT2D eigenvalue weighted by molar-refractivity contribution is 14.0. The molecular formula is C20H35IN4O. The standard InChI is InChI=1S/C20H34N4O.HI/c1-4-21-20(22-11-13-25-3)23-14-18-9-5-6-10-19(18)16-24-12-7-8-17(2)15-24;/h5-6,9-10,17H,4,7-8,11-16H2,1-3H3,(H2,21,22,23);1H. The fourth-order valence-corrected chi connectivity index (χ4v) is 3.31. The zero-order valence-corrected chi connectivity index (χ0v) is 18.8. The summed E-state index contributed by atoms with van der Waals surface area (Å²) in [5.41, 5.74) is 2.71. The summed E-state index contributed by atoms with van der Waals surface area (Å²) in [6.07, 6.45) is 2.68. The Morgan fingerprint density at radius 3 is 2.73 bits per heavy atom. The van der Waals surface area contributed by atoms with Gasteiger partial charge in [-0.15, -0.1) is 24.0 Å². The molecule has 148 valence electrons. The van der Waals surface area contributed by atoms with Crippen LogP contribution in [0.25, 0.3) is 0 Å². The van der Waals surface area contributed by atoms with Crippen LogP contribution in [-0.4, -0.2) is 50.8 Å². The number of piperidine rings is 1. The molecule has 1 fully saturated rings. The highest BCUT2D eigenvalue weighted by Gasteiger charge is 2.17. The molecule has 1 atom stereocenters. The number of hydrogen-bond acceptors (Lipinski definition) is 3. The van der Waals surface area contributed by atoms with Gasteiger partial charge in [-0.05, 0) is 43.4 Å². The van der Waals surface area contributed by atoms with E-state index in [1.54, 1.807) is 7.11 Å². The van der Waals surface area contributed by atoms with Crippen molar-refractivity contribution < 1.29 is 4.74 Å². The van der Waals surface area contributed by atoms with E-state index in [4.69, 9.17) is 9.73 Å². The van der Waals surface area contributed by atoms with Gasteiger partial charge >= 0.3 is 0 Å². The van der Waals surface area contributed by atoms with Crippen LogP contribution in [0, 0.1) is 5.92 Å². The van der Waals surface area contributed by atoms with E-state index in [-0.39, 0.29) is 24.0 Å². The van der Waals surface area contributed by atoms with Crippen LogP contribution in [0.1, 0.15) is 37.8 Å². The summed E-state index contributed by atoms with van der Waals surface area (Å²) in [5.74, 6) is 1.66. The van der Waals surface area contributed by atoms with E-state index in [0.29, 0.717) is 13.2 Å². The van der Waals surface area contributed by atoms with Gasteiger partial charge in [0, 0.05) is 33.3 Å². The van der Waals surface area contributed by atoms with Gasteiger partial charge in [0.1, 0.15) is 0 Å². The molecule has 1 aliphatic heterocycles. The Labute approximate surface area is 176 Å². The van der Waals surface area contributed by atoms with Crippen molar-refractivity contribution in [1.82, 2.24) is 15.5 Å². The number of ether oxygens (including phenoxy) is 1. The molecule has 0 amide bonds. The van der Waals surface area contributed by atoms with Crippen LogP contribution >= 0.6 is 24.0 Å². The van der Waals surface area contributed by atoms with Crippen LogP contribution in [0.4, 0.5) is 0 Å². The minimum atomic E-state index is 0. The van der Waals surface area contributed by atoms with E-state index in [9.17, 15) is 0 Å². The number of nitrogens with one attached hydrogen (secondary N) is 2. The molecule has 2 N–H and O–H groups in total. The van der Waals surface area contributed by atoms with Gasteiger partial charge in [0.05, 0.1) is 13.2 Å². The van der Waals surface area contributed by atoms with Crippen LogP contribution in [0.5, 0.6) is 0 Å². The number of benzene rings is 1. The van der Waals surface area contributed by atoms with Crippen molar-refractivity contribution >= 4 is 29.9 Å². The Bertz CT molecular complexity index is 538. The van der Waals surface area contributed by atoms with Crippen LogP contribution in [0.15, 0.2) is 29.3 Å². The van der Waals surface area contributed by atoms with E-state index < -0.39 is 0 Å². The van der Waals surface area contributed by atoms with Crippen molar-refractivity contribution in [3.8, 4) is 0 Å². The molecule has 1 heterocycles. The van der Waals surface area contributed by atoms with Gasteiger partial charge in [-0.1, -0.05) is 31.2 Å². The summed E-state index contributed by atoms with van der Waals surface area (Å²) < 4.78 is 5.09. The van der Waals surface area contributed by atoms with Crippen molar-refractivity contribution in [3.63, 3.8) is 0 Å². The first kappa shape index (κ1) is 23.2. The second-order valence-electron chi connectivity index (χ2n) is 6.87. The average Bonchev–Trinajstić information content (AvgIpc) is 2.61. The number of methoxy groups -OCH3 is 1. The summed E-state index contributed by atoms with van der Waals surface area (Å²) in [5, 5.41) is 6.59. The molecule has 5 nitrogen and oxygen atoms in total. The molecule has 1 aromatic rings. The second kappa shape index (κ2) is 13.3. The number of guanidine groups is 1. The number of halogens is 1. The third-order valence-corrected chi connectivity index (χ3v) is 4.60. The molecule has 6 heteroatoms. The molecule has 0 bridgehead atoms. The molecule has 1 saturated heterocycles. The summed E-state index contributed by atoms with van der Waals surface area (Å²) in [7, 11) is 1.71. The van der Waals surface area contributed by atoms with Crippen LogP contribution in [-0.2, 0) is 17.8 Å². The number of rotatable bonds is 8. The Balaban J connectivity index is 0.00000338. The third kappa shape index (κ3) is 8.22. The van der Waals surface area contributed by atoms with E-state index in [0.717, 1.165) is 31.5 Å². The maximum Gasteiger partial charge on any atom is 0.191 e. The Kier molecular flexibility index (Phi) is 11.9. The lowest BCUT2D eigenvalue weighted by Gasteiger charge is -2.31. The quantitative estimate of drug-likeness (QED) is 0.263. The Hall–Kier alpha value is -0.860. The van der Waals surface area contributed by atoms with Crippen molar-refractivity contribution in [2.75, 3.05) is 39.9 Å². The monoisotopic (exact) mass is 474 g/mol. The van der Waals surface area contributed by atoms with E-state index in [1.807, 2.05) is 0 Å². The third-order valence-electron chi connectivity index (χ3n) is 4.60. The Morgan fingerprint density at radius 1 is 1.27 bits per heavy atom. The topological polar surface area (TPSA) is 48.9 Å². The predicted molar refractivity (Wildman–Crippen MR) is 120 cm³/mol. The lowest BCUT2D eigenvalue weighted by molar-refractivity contribution is 0.176. The highest BCUT2D eigenvalue weighted by Crippen LogP contribution is 2.19. The van der Waals surface area contributed by atoms with Gasteiger partial charge in [-0.2, -0.15) is 0 Å². The lowest BCUT2D eigenvalue weighted by Crippen LogP contribution is -2.38. The number of aliphatic imine (C=N–C) groups is 1. The van der Waals surface area contributed by atoms with E-state index in [1.165, 1.54) is 37.1 Å². The maximum atomic E-state index is 5.09. The van der Waals surface area contributed by atoms with Gasteiger partial charge in [0.25, 0.3) is 0 Å². The summed E-state index contributed by atoms with van der Waals surface area (Å²) in [6.45, 7) is 10.9. The molecule has 1 aliphatic rings. The summed E-state index contributed by atoms with van der Waals surface area (Å²) in [4.78, 5) is 7.33. The zero-order chi connectivity index (χ0) is 17.9. The molecular weight excluding hydrogens is 439 g/mol. The van der Waals surface area contributed by atoms with Crippen LogP contribution in [0.3, 0.4) is 0 Å². The number of likely N-dealkylation sites (tertiary alicyclic amines) is 1. The molecule has 2 rings (SSSR count). The minimum absolute atomic E-state index is 0. The van der Waals surface area contributed by atoms with Crippen LogP contribution < -0.4 is 10.6 Å². The van der Waals surface area contributed by atoms with Crippen molar-refractivity contribution in [2.45, 2.75) is 39.8 Å². The van der Waals surface area contributed by atoms with E-state index >= 15 is 0 Å². The van der Waals surface area contributed by atoms with Gasteiger partial charge < -0.3 is 15.4 Å². The molecule has 1 aromatic carbocycles. The van der Waals surface area contributed by atoms with Gasteiger partial charge in [-0.3, -0.25) is 4.90 Å². The van der Waals surface area contributed by atoms with Crippen molar-refractivity contribution in [3.05, 3.63) is 35.4 Å². The average molecular weight is 474 g/mol. The first-order valence-corrected chi connectivity index (χ1v) is 9.53. The molecule has 26 heavy (non-hydrogen) atoms. The molecule has 0 aromatic heterocycles. The fraction of sp³-hybridized carbons (Fsp3) is 0.650. The number of hydrogen-bond donors (Lipinski definition) is 2. The fourth-order valence-electron chi connectivity index (χ4n) is 3.31. The molecule has 0 saturated carbocycles. The largest absolute Gasteiger partial charge is 0.383 e. The van der Waals surface area contributed by atoms with Gasteiger partial charge in [0.2, 0.25) is 0 Å². The first-order valence-electron chi connectivity index (χ1n) is 9.53. The normalized spacial score (nSPS) is 18.3. The van der Waals surface area contributed by atoms with E-state index in [2.05, 4.69) is 53.6 Å². The Morgan fingerprint density at radius 2 is 2.04 bits per heavy atom. The predicted octanol–water partition coefficient (Wildman–Crippen LogP) is 3.24. The highest BCUT2D eigenvalue weighted by atomic mass is 127. The smallest absolute Gasteiger partial charge is 0.191 e. The first-order chi connectivity index (χ1) is 12.2. The summed E-state index contributed by atoms with van der Waals surface area (Å²) in [6, 6.07) is 8.69. The van der Waals surface area contributed by atoms with Crippen molar-refractivity contribution in [2.24, 2.45) is 10.9 Å². The molecule has 1 unspecified atom stereocenters. The van der Waals surface area contributed by atoms with Gasteiger partial charge in [0.15, 0.2) is 5.96 Å². The molecule has 0 aliphatic carbocycles. The minimum Gasteiger partial charge on any atom is -0.383 e. The summed E-state index contributed by atoms with van der Waals surface area (Å²) >= 11 is 0. The lowest BCUT2D eigenvalue weighted by atomic mass is 9.99. The van der Waals surface area contributed by atoms with Crippen LogP contribution in [0.2, 0.25) is 0 Å². The second-order valence-corrected chi connectivity index (χ2v) is 6.87. The van der Waals surface area contributed by atoms with Crippen molar-refractivity contribution in [1.29, 1.82) is 0 Å². The number of nitrogens with zero attached hydrogens (tertiary/aromatic N) is 2. The van der Waals surface area contributed by atoms with Gasteiger partial charge in [-0.25, -0.2) is 4.99 Å².